The maximum Gasteiger partial charge on any atom is 0.328 e. The van der Waals surface area contributed by atoms with E-state index in [-0.39, 0.29) is 5.33 Å². The standard InChI is InChI=1S/C2H2BrN3O2/c3-1-2(7)8-6-5-4/h1H2. The monoisotopic (exact) mass is 179 g/mol. The quantitative estimate of drug-likeness (QED) is 0.210. The van der Waals surface area contributed by atoms with Crippen LogP contribution in [0.25, 0.3) is 10.4 Å². The predicted molar refractivity (Wildman–Crippen MR) is 29.0 cm³/mol. The zero-order valence-electron chi connectivity index (χ0n) is 3.74. The van der Waals surface area contributed by atoms with E-state index in [1.165, 1.54) is 0 Å². The lowest BCUT2D eigenvalue weighted by atomic mass is 10.8. The van der Waals surface area contributed by atoms with Gasteiger partial charge in [-0.15, -0.1) is 0 Å². The number of nitrogens with zero attached hydrogens (tertiary/aromatic N) is 3. The molecule has 0 bridgehead atoms. The van der Waals surface area contributed by atoms with Crippen molar-refractivity contribution in [2.24, 2.45) is 5.28 Å². The molecule has 0 rings (SSSR count). The van der Waals surface area contributed by atoms with Gasteiger partial charge in [0.15, 0.2) is 0 Å². The van der Waals surface area contributed by atoms with Crippen LogP contribution in [0.5, 0.6) is 0 Å². The molecule has 0 saturated carbocycles. The molecule has 0 aromatic rings. The van der Waals surface area contributed by atoms with Gasteiger partial charge in [-0.2, -0.15) is 0 Å². The van der Waals surface area contributed by atoms with Crippen LogP contribution in [-0.4, -0.2) is 11.3 Å². The van der Waals surface area contributed by atoms with Gasteiger partial charge in [-0.25, -0.2) is 0 Å². The third-order valence-corrected chi connectivity index (χ3v) is 0.746. The summed E-state index contributed by atoms with van der Waals surface area (Å²) < 4.78 is 0. The Bertz CT molecular complexity index is 129. The van der Waals surface area contributed by atoms with Gasteiger partial charge in [-0.05, 0) is 5.53 Å². The Labute approximate surface area is 53.3 Å². The summed E-state index contributed by atoms with van der Waals surface area (Å²) in [5, 5.41) is 2.58. The van der Waals surface area contributed by atoms with E-state index in [0.29, 0.717) is 0 Å². The van der Waals surface area contributed by atoms with Crippen LogP contribution >= 0.6 is 15.9 Å². The first-order valence-corrected chi connectivity index (χ1v) is 2.73. The third kappa shape index (κ3) is 3.45. The number of carbonyl (C=O) groups excluding carboxylic acids is 1. The number of hydrogen-bond acceptors (Lipinski definition) is 3. The zero-order valence-corrected chi connectivity index (χ0v) is 5.33. The Balaban J connectivity index is 3.39. The van der Waals surface area contributed by atoms with Crippen molar-refractivity contribution in [2.75, 3.05) is 5.33 Å². The molecule has 0 aliphatic heterocycles. The molecule has 0 radical (unpaired) electrons. The van der Waals surface area contributed by atoms with Gasteiger partial charge in [0.25, 0.3) is 0 Å². The number of carbonyl (C=O) groups is 1. The van der Waals surface area contributed by atoms with E-state index < -0.39 is 5.97 Å². The molecule has 0 amide bonds. The van der Waals surface area contributed by atoms with Gasteiger partial charge in [0.05, 0.1) is 0 Å². The van der Waals surface area contributed by atoms with Crippen molar-refractivity contribution in [3.05, 3.63) is 10.4 Å². The van der Waals surface area contributed by atoms with Gasteiger partial charge >= 0.3 is 5.97 Å². The van der Waals surface area contributed by atoms with Crippen LogP contribution in [0.1, 0.15) is 0 Å². The highest BCUT2D eigenvalue weighted by Crippen LogP contribution is 1.84. The summed E-state index contributed by atoms with van der Waals surface area (Å²) in [4.78, 5) is 16.1. The molecule has 0 spiro atoms. The SMILES string of the molecule is [N-]=[N+]=NOC(=O)CBr. The number of alkyl halides is 1. The van der Waals surface area contributed by atoms with Gasteiger partial charge < -0.3 is 4.84 Å². The first kappa shape index (κ1) is 7.26. The lowest BCUT2D eigenvalue weighted by molar-refractivity contribution is -0.140. The molecule has 44 valence electrons. The predicted octanol–water partition coefficient (Wildman–Crippen LogP) is 1.15. The number of hydrogen-bond donors (Lipinski definition) is 0. The minimum atomic E-state index is -0.609. The first-order valence-electron chi connectivity index (χ1n) is 1.61. The van der Waals surface area contributed by atoms with E-state index >= 15 is 0 Å². The van der Waals surface area contributed by atoms with Crippen LogP contribution in [-0.2, 0) is 9.63 Å². The van der Waals surface area contributed by atoms with Crippen molar-refractivity contribution in [3.63, 3.8) is 0 Å². The molecular formula is C2H2BrN3O2. The highest BCUT2D eigenvalue weighted by Gasteiger charge is 1.93. The first-order chi connectivity index (χ1) is 3.81. The minimum Gasteiger partial charge on any atom is -0.358 e. The van der Waals surface area contributed by atoms with Gasteiger partial charge in [0.1, 0.15) is 10.6 Å². The Morgan fingerprint density at radius 2 is 2.62 bits per heavy atom. The normalized spacial score (nSPS) is 7.12. The maximum absolute atomic E-state index is 10.0. The van der Waals surface area contributed by atoms with Crippen LogP contribution < -0.4 is 0 Å². The lowest BCUT2D eigenvalue weighted by Crippen LogP contribution is -1.98. The largest absolute Gasteiger partial charge is 0.358 e. The van der Waals surface area contributed by atoms with Crippen molar-refractivity contribution < 1.29 is 9.63 Å². The Hall–Kier alpha value is -0.740. The summed E-state index contributed by atoms with van der Waals surface area (Å²) in [6.45, 7) is 0. The summed E-state index contributed by atoms with van der Waals surface area (Å²) in [7, 11) is 0. The van der Waals surface area contributed by atoms with Crippen LogP contribution in [0.4, 0.5) is 0 Å². The summed E-state index contributed by atoms with van der Waals surface area (Å²) in [6.07, 6.45) is 0. The van der Waals surface area contributed by atoms with Crippen LogP contribution in [0.3, 0.4) is 0 Å². The highest BCUT2D eigenvalue weighted by atomic mass is 79.9. The molecule has 0 atom stereocenters. The van der Waals surface area contributed by atoms with Crippen molar-refractivity contribution in [3.8, 4) is 0 Å². The molecule has 0 unspecified atom stereocenters. The molecule has 0 aromatic carbocycles. The van der Waals surface area contributed by atoms with Crippen molar-refractivity contribution in [1.29, 1.82) is 0 Å². The van der Waals surface area contributed by atoms with Crippen LogP contribution in [0, 0.1) is 0 Å². The maximum atomic E-state index is 10.0. The van der Waals surface area contributed by atoms with Gasteiger partial charge in [0, 0.05) is 4.91 Å². The van der Waals surface area contributed by atoms with E-state index in [1.54, 1.807) is 0 Å². The lowest BCUT2D eigenvalue weighted by Gasteiger charge is -1.84. The molecular weight excluding hydrogens is 178 g/mol. The second-order valence-corrected chi connectivity index (χ2v) is 1.33. The van der Waals surface area contributed by atoms with E-state index in [0.717, 1.165) is 0 Å². The van der Waals surface area contributed by atoms with Crippen LogP contribution in [0.15, 0.2) is 5.28 Å². The second kappa shape index (κ2) is 4.42. The molecule has 0 heterocycles. The van der Waals surface area contributed by atoms with E-state index in [9.17, 15) is 4.79 Å². The Morgan fingerprint density at radius 1 is 2.00 bits per heavy atom. The Morgan fingerprint density at radius 3 is 3.00 bits per heavy atom. The van der Waals surface area contributed by atoms with Crippen LogP contribution in [0.2, 0.25) is 0 Å². The topological polar surface area (TPSA) is 75.1 Å². The summed E-state index contributed by atoms with van der Waals surface area (Å²) in [6, 6.07) is 0. The molecule has 0 saturated heterocycles. The number of halogens is 1. The van der Waals surface area contributed by atoms with Gasteiger partial charge in [-0.1, -0.05) is 15.9 Å². The van der Waals surface area contributed by atoms with E-state index in [1.807, 2.05) is 0 Å². The molecule has 0 fully saturated rings. The number of rotatable bonds is 2. The van der Waals surface area contributed by atoms with E-state index in [4.69, 9.17) is 5.53 Å². The molecule has 0 aromatic heterocycles. The average molecular weight is 180 g/mol. The van der Waals surface area contributed by atoms with Crippen molar-refractivity contribution in [1.82, 2.24) is 0 Å². The van der Waals surface area contributed by atoms with Crippen molar-refractivity contribution >= 4 is 21.9 Å². The summed E-state index contributed by atoms with van der Waals surface area (Å²) in [5.74, 6) is -0.609. The third-order valence-electron chi connectivity index (χ3n) is 0.288. The minimum absolute atomic E-state index is 0.0337. The molecule has 0 N–H and O–H groups in total. The number of azide groups is 1. The summed E-state index contributed by atoms with van der Waals surface area (Å²) in [5.41, 5.74) is 7.58. The second-order valence-electron chi connectivity index (χ2n) is 0.768. The zero-order chi connectivity index (χ0) is 6.41. The summed E-state index contributed by atoms with van der Waals surface area (Å²) >= 11 is 2.79. The van der Waals surface area contributed by atoms with Gasteiger partial charge in [-0.3, -0.25) is 4.79 Å². The smallest absolute Gasteiger partial charge is 0.328 e. The van der Waals surface area contributed by atoms with Crippen molar-refractivity contribution in [2.45, 2.75) is 0 Å². The molecule has 0 aliphatic carbocycles. The highest BCUT2D eigenvalue weighted by molar-refractivity contribution is 9.09. The van der Waals surface area contributed by atoms with E-state index in [2.05, 4.69) is 31.0 Å². The van der Waals surface area contributed by atoms with Gasteiger partial charge in [0.2, 0.25) is 0 Å². The molecule has 8 heavy (non-hydrogen) atoms. The Kier molecular flexibility index (Phi) is 4.01. The fraction of sp³-hybridized carbons (Fsp3) is 0.500. The fourth-order valence-corrected chi connectivity index (χ4v) is 0.191. The molecule has 5 nitrogen and oxygen atoms in total. The fourth-order valence-electron chi connectivity index (χ4n) is 0.0882. The average Bonchev–Trinajstić information content (AvgIpc) is 1.83. The molecule has 0 aliphatic rings. The molecule has 6 heteroatoms.